The van der Waals surface area contributed by atoms with Gasteiger partial charge in [-0.25, -0.2) is 4.39 Å². The van der Waals surface area contributed by atoms with Crippen LogP contribution in [0.25, 0.3) is 0 Å². The number of hydrogen-bond acceptors (Lipinski definition) is 4. The number of hydrogen-bond donors (Lipinski definition) is 1. The Kier molecular flexibility index (Phi) is 6.69. The van der Waals surface area contributed by atoms with Gasteiger partial charge < -0.3 is 20.3 Å². The molecule has 1 fully saturated rings. The molecule has 6 nitrogen and oxygen atoms in total. The number of anilines is 1. The van der Waals surface area contributed by atoms with Crippen LogP contribution in [0.1, 0.15) is 24.8 Å². The topological polar surface area (TPSA) is 75.9 Å². The van der Waals surface area contributed by atoms with Crippen molar-refractivity contribution in [1.82, 2.24) is 4.90 Å². The van der Waals surface area contributed by atoms with E-state index >= 15 is 0 Å². The third-order valence-electron chi connectivity index (χ3n) is 5.00. The molecule has 0 saturated heterocycles. The number of primary amides is 1. The number of nitrogens with two attached hydrogens (primary N) is 1. The number of ether oxygens (including phenoxy) is 1. The van der Waals surface area contributed by atoms with E-state index in [1.807, 2.05) is 17.0 Å². The van der Waals surface area contributed by atoms with E-state index in [0.29, 0.717) is 17.9 Å². The molecule has 1 aliphatic rings. The number of carbonyl (C=O) groups excluding carboxylic acids is 2. The fourth-order valence-electron chi connectivity index (χ4n) is 3.21. The van der Waals surface area contributed by atoms with Crippen molar-refractivity contribution >= 4 is 17.5 Å². The minimum absolute atomic E-state index is 0.0879. The highest BCUT2D eigenvalue weighted by Crippen LogP contribution is 2.29. The fraction of sp³-hybridized carbons (Fsp3) is 0.364. The highest BCUT2D eigenvalue weighted by atomic mass is 19.1. The van der Waals surface area contributed by atoms with Crippen LogP contribution in [0.3, 0.4) is 0 Å². The van der Waals surface area contributed by atoms with Gasteiger partial charge in [0.1, 0.15) is 11.6 Å². The predicted molar refractivity (Wildman–Crippen MR) is 109 cm³/mol. The summed E-state index contributed by atoms with van der Waals surface area (Å²) in [6.45, 7) is 0.651. The lowest BCUT2D eigenvalue weighted by Gasteiger charge is -2.29. The molecular formula is C22H26FN3O3. The quantitative estimate of drug-likeness (QED) is 0.667. The molecule has 1 aliphatic carbocycles. The summed E-state index contributed by atoms with van der Waals surface area (Å²) >= 11 is 0. The molecule has 0 unspecified atom stereocenters. The molecule has 29 heavy (non-hydrogen) atoms. The smallest absolute Gasteiger partial charge is 0.242 e. The molecule has 0 heterocycles. The molecule has 2 aromatic carbocycles. The van der Waals surface area contributed by atoms with Crippen LogP contribution in [-0.4, -0.2) is 43.0 Å². The molecule has 3 rings (SSSR count). The Labute approximate surface area is 170 Å². The molecule has 154 valence electrons. The lowest BCUT2D eigenvalue weighted by Crippen LogP contribution is -2.42. The summed E-state index contributed by atoms with van der Waals surface area (Å²) in [5.74, 6) is -0.141. The third-order valence-corrected chi connectivity index (χ3v) is 5.00. The van der Waals surface area contributed by atoms with Crippen molar-refractivity contribution < 1.29 is 18.7 Å². The van der Waals surface area contributed by atoms with E-state index in [1.54, 1.807) is 42.3 Å². The molecule has 0 aliphatic heterocycles. The molecule has 0 spiro atoms. The minimum Gasteiger partial charge on any atom is -0.497 e. The molecule has 0 radical (unpaired) electrons. The minimum atomic E-state index is -0.429. The van der Waals surface area contributed by atoms with Crippen LogP contribution in [0.15, 0.2) is 48.5 Å². The number of rotatable bonds is 10. The van der Waals surface area contributed by atoms with Gasteiger partial charge in [-0.15, -0.1) is 0 Å². The van der Waals surface area contributed by atoms with Crippen molar-refractivity contribution in [1.29, 1.82) is 0 Å². The van der Waals surface area contributed by atoms with Crippen LogP contribution in [0.2, 0.25) is 0 Å². The first-order valence-corrected chi connectivity index (χ1v) is 9.68. The van der Waals surface area contributed by atoms with Crippen LogP contribution >= 0.6 is 0 Å². The average Bonchev–Trinajstić information content (AvgIpc) is 3.55. The van der Waals surface area contributed by atoms with Crippen LogP contribution in [0, 0.1) is 5.82 Å². The summed E-state index contributed by atoms with van der Waals surface area (Å²) in [6, 6.07) is 13.9. The van der Waals surface area contributed by atoms with Crippen molar-refractivity contribution in [3.63, 3.8) is 0 Å². The lowest BCUT2D eigenvalue weighted by molar-refractivity contribution is -0.131. The highest BCUT2D eigenvalue weighted by Gasteiger charge is 2.33. The Balaban J connectivity index is 1.75. The van der Waals surface area contributed by atoms with E-state index in [-0.39, 0.29) is 37.3 Å². The monoisotopic (exact) mass is 399 g/mol. The van der Waals surface area contributed by atoms with Crippen LogP contribution in [-0.2, 0) is 16.1 Å². The molecule has 2 N–H and O–H groups in total. The maximum absolute atomic E-state index is 14.1. The highest BCUT2D eigenvalue weighted by molar-refractivity contribution is 5.82. The fourth-order valence-corrected chi connectivity index (χ4v) is 3.21. The number of methoxy groups -OCH3 is 1. The van der Waals surface area contributed by atoms with Gasteiger partial charge in [0, 0.05) is 36.8 Å². The van der Waals surface area contributed by atoms with E-state index in [2.05, 4.69) is 0 Å². The molecule has 2 amide bonds. The zero-order chi connectivity index (χ0) is 20.8. The second-order valence-corrected chi connectivity index (χ2v) is 7.18. The summed E-state index contributed by atoms with van der Waals surface area (Å²) in [5.41, 5.74) is 6.60. The van der Waals surface area contributed by atoms with Crippen LogP contribution in [0.4, 0.5) is 10.1 Å². The molecule has 0 aromatic heterocycles. The van der Waals surface area contributed by atoms with Gasteiger partial charge in [0.25, 0.3) is 0 Å². The first kappa shape index (κ1) is 20.6. The SMILES string of the molecule is COc1ccc(N(CCC(N)=O)CC(=O)N(Cc2ccccc2F)C2CC2)cc1. The number of nitrogens with zero attached hydrogens (tertiary/aromatic N) is 2. The van der Waals surface area contributed by atoms with Crippen LogP contribution < -0.4 is 15.4 Å². The maximum Gasteiger partial charge on any atom is 0.242 e. The Morgan fingerprint density at radius 1 is 1.14 bits per heavy atom. The molecule has 7 heteroatoms. The van der Waals surface area contributed by atoms with Gasteiger partial charge >= 0.3 is 0 Å². The van der Waals surface area contributed by atoms with E-state index in [9.17, 15) is 14.0 Å². The Morgan fingerprint density at radius 3 is 2.41 bits per heavy atom. The number of halogens is 1. The Morgan fingerprint density at radius 2 is 1.83 bits per heavy atom. The first-order valence-electron chi connectivity index (χ1n) is 9.68. The van der Waals surface area contributed by atoms with Crippen LogP contribution in [0.5, 0.6) is 5.75 Å². The van der Waals surface area contributed by atoms with Gasteiger partial charge in [-0.2, -0.15) is 0 Å². The standard InChI is InChI=1S/C22H26FN3O3/c1-29-19-10-8-17(9-11-19)25(13-12-21(24)27)15-22(28)26(18-6-7-18)14-16-4-2-3-5-20(16)23/h2-5,8-11,18H,6-7,12-15H2,1H3,(H2,24,27). The van der Waals surface area contributed by atoms with Crippen molar-refractivity contribution in [3.05, 3.63) is 59.9 Å². The summed E-state index contributed by atoms with van der Waals surface area (Å²) in [7, 11) is 1.58. The Bertz CT molecular complexity index is 853. The summed E-state index contributed by atoms with van der Waals surface area (Å²) in [6.07, 6.45) is 1.98. The Hall–Kier alpha value is -3.09. The van der Waals surface area contributed by atoms with Crippen molar-refractivity contribution in [3.8, 4) is 5.75 Å². The number of amides is 2. The van der Waals surface area contributed by atoms with Crippen molar-refractivity contribution in [2.24, 2.45) is 5.73 Å². The third kappa shape index (κ3) is 5.70. The number of carbonyl (C=O) groups is 2. The van der Waals surface area contributed by atoms with Crippen molar-refractivity contribution in [2.45, 2.75) is 31.8 Å². The van der Waals surface area contributed by atoms with Gasteiger partial charge in [-0.3, -0.25) is 9.59 Å². The summed E-state index contributed by atoms with van der Waals surface area (Å²) < 4.78 is 19.3. The molecular weight excluding hydrogens is 373 g/mol. The van der Waals surface area contributed by atoms with E-state index in [4.69, 9.17) is 10.5 Å². The van der Waals surface area contributed by atoms with E-state index in [0.717, 1.165) is 18.5 Å². The normalized spacial score (nSPS) is 13.0. The number of benzene rings is 2. The zero-order valence-corrected chi connectivity index (χ0v) is 16.5. The van der Waals surface area contributed by atoms with Gasteiger partial charge in [0.2, 0.25) is 11.8 Å². The van der Waals surface area contributed by atoms with Gasteiger partial charge in [0.15, 0.2) is 0 Å². The predicted octanol–water partition coefficient (Wildman–Crippen LogP) is 2.71. The van der Waals surface area contributed by atoms with E-state index in [1.165, 1.54) is 6.07 Å². The second kappa shape index (κ2) is 9.41. The maximum atomic E-state index is 14.1. The summed E-state index contributed by atoms with van der Waals surface area (Å²) in [4.78, 5) is 28.0. The summed E-state index contributed by atoms with van der Waals surface area (Å²) in [5, 5.41) is 0. The largest absolute Gasteiger partial charge is 0.497 e. The molecule has 2 aromatic rings. The molecule has 0 bridgehead atoms. The van der Waals surface area contributed by atoms with Gasteiger partial charge in [-0.05, 0) is 43.2 Å². The van der Waals surface area contributed by atoms with E-state index < -0.39 is 5.91 Å². The molecule has 1 saturated carbocycles. The average molecular weight is 399 g/mol. The second-order valence-electron chi connectivity index (χ2n) is 7.18. The van der Waals surface area contributed by atoms with Crippen molar-refractivity contribution in [2.75, 3.05) is 25.1 Å². The van der Waals surface area contributed by atoms with Gasteiger partial charge in [0.05, 0.1) is 13.7 Å². The zero-order valence-electron chi connectivity index (χ0n) is 16.5. The lowest BCUT2D eigenvalue weighted by atomic mass is 10.2. The first-order chi connectivity index (χ1) is 14.0. The molecule has 0 atom stereocenters. The van der Waals surface area contributed by atoms with Gasteiger partial charge in [-0.1, -0.05) is 18.2 Å².